The van der Waals surface area contributed by atoms with Crippen LogP contribution in [0.15, 0.2) is 6.20 Å². The molecule has 0 amide bonds. The molecule has 0 N–H and O–H groups in total. The number of alkyl halides is 6. The Morgan fingerprint density at radius 2 is 1.65 bits per heavy atom. The largest absolute Gasteiger partial charge is 0.573 e. The van der Waals surface area contributed by atoms with E-state index in [2.05, 4.69) is 9.72 Å². The van der Waals surface area contributed by atoms with Gasteiger partial charge < -0.3 is 4.74 Å². The van der Waals surface area contributed by atoms with Crippen molar-refractivity contribution in [1.29, 1.82) is 0 Å². The maximum atomic E-state index is 12.8. The van der Waals surface area contributed by atoms with Crippen molar-refractivity contribution < 1.29 is 35.5 Å². The lowest BCUT2D eigenvalue weighted by molar-refractivity contribution is -0.277. The fourth-order valence-electron chi connectivity index (χ4n) is 0.911. The highest BCUT2D eigenvalue weighted by atomic mass is 35.5. The van der Waals surface area contributed by atoms with E-state index in [1.54, 1.807) is 0 Å². The van der Waals surface area contributed by atoms with Gasteiger partial charge in [-0.25, -0.2) is 9.37 Å². The van der Waals surface area contributed by atoms with Gasteiger partial charge in [-0.15, -0.1) is 13.2 Å². The first kappa shape index (κ1) is 13.8. The van der Waals surface area contributed by atoms with Crippen LogP contribution >= 0.6 is 11.6 Å². The Morgan fingerprint density at radius 1 is 1.12 bits per heavy atom. The third-order valence-electron chi connectivity index (χ3n) is 1.44. The van der Waals surface area contributed by atoms with Crippen molar-refractivity contribution in [2.45, 2.75) is 12.5 Å². The summed E-state index contributed by atoms with van der Waals surface area (Å²) in [6.45, 7) is 0. The van der Waals surface area contributed by atoms with Crippen LogP contribution < -0.4 is 4.74 Å². The van der Waals surface area contributed by atoms with E-state index >= 15 is 0 Å². The number of pyridine rings is 1. The SMILES string of the molecule is Fc1cnc(Cl)c(C(F)(F)F)c1OC(F)(F)F. The molecule has 1 aromatic heterocycles. The summed E-state index contributed by atoms with van der Waals surface area (Å²) in [5.74, 6) is -3.97. The predicted octanol–water partition coefficient (Wildman–Crippen LogP) is 3.79. The van der Waals surface area contributed by atoms with Gasteiger partial charge in [-0.1, -0.05) is 11.6 Å². The number of hydrogen-bond acceptors (Lipinski definition) is 2. The Bertz CT molecular complexity index is 427. The van der Waals surface area contributed by atoms with Gasteiger partial charge in [-0.2, -0.15) is 13.2 Å². The van der Waals surface area contributed by atoms with Crippen molar-refractivity contribution in [3.8, 4) is 5.75 Å². The van der Waals surface area contributed by atoms with Gasteiger partial charge in [-0.3, -0.25) is 0 Å². The number of hydrogen-bond donors (Lipinski definition) is 0. The quantitative estimate of drug-likeness (QED) is 0.578. The number of nitrogens with zero attached hydrogens (tertiary/aromatic N) is 1. The molecule has 0 bridgehead atoms. The van der Waals surface area contributed by atoms with Crippen LogP contribution in [-0.2, 0) is 6.18 Å². The molecule has 0 atom stereocenters. The monoisotopic (exact) mass is 283 g/mol. The minimum atomic E-state index is -5.48. The Kier molecular flexibility index (Phi) is 3.42. The van der Waals surface area contributed by atoms with Gasteiger partial charge in [-0.05, 0) is 0 Å². The Balaban J connectivity index is 3.41. The molecule has 0 aromatic carbocycles. The number of rotatable bonds is 1. The maximum absolute atomic E-state index is 12.8. The molecule has 0 spiro atoms. The first-order valence-corrected chi connectivity index (χ1v) is 4.07. The topological polar surface area (TPSA) is 22.1 Å². The number of halogens is 8. The highest BCUT2D eigenvalue weighted by Crippen LogP contribution is 2.42. The van der Waals surface area contributed by atoms with E-state index in [-0.39, 0.29) is 6.20 Å². The van der Waals surface area contributed by atoms with E-state index in [1.807, 2.05) is 0 Å². The molecule has 0 aliphatic heterocycles. The van der Waals surface area contributed by atoms with E-state index in [0.29, 0.717) is 0 Å². The highest BCUT2D eigenvalue weighted by molar-refractivity contribution is 6.30. The van der Waals surface area contributed by atoms with Crippen molar-refractivity contribution in [3.05, 3.63) is 22.7 Å². The first-order valence-electron chi connectivity index (χ1n) is 3.69. The molecule has 0 unspecified atom stereocenters. The third kappa shape index (κ3) is 3.35. The van der Waals surface area contributed by atoms with Crippen molar-refractivity contribution in [3.63, 3.8) is 0 Å². The third-order valence-corrected chi connectivity index (χ3v) is 1.73. The van der Waals surface area contributed by atoms with Crippen molar-refractivity contribution >= 4 is 11.6 Å². The summed E-state index contributed by atoms with van der Waals surface area (Å²) >= 11 is 4.97. The number of ether oxygens (including phenoxy) is 1. The second kappa shape index (κ2) is 4.21. The van der Waals surface area contributed by atoms with Crippen molar-refractivity contribution in [2.24, 2.45) is 0 Å². The summed E-state index contributed by atoms with van der Waals surface area (Å²) in [5.41, 5.74) is -2.11. The molecule has 2 nitrogen and oxygen atoms in total. The van der Waals surface area contributed by atoms with Gasteiger partial charge in [0.2, 0.25) is 0 Å². The molecule has 0 saturated heterocycles. The molecule has 17 heavy (non-hydrogen) atoms. The first-order chi connectivity index (χ1) is 7.52. The van der Waals surface area contributed by atoms with Crippen LogP contribution in [0.2, 0.25) is 5.15 Å². The molecule has 10 heteroatoms. The van der Waals surface area contributed by atoms with Crippen molar-refractivity contribution in [1.82, 2.24) is 4.98 Å². The lowest BCUT2D eigenvalue weighted by Crippen LogP contribution is -2.21. The summed E-state index contributed by atoms with van der Waals surface area (Å²) in [4.78, 5) is 2.76. The smallest absolute Gasteiger partial charge is 0.402 e. The van der Waals surface area contributed by atoms with Crippen LogP contribution in [0.3, 0.4) is 0 Å². The maximum Gasteiger partial charge on any atom is 0.573 e. The number of aromatic nitrogens is 1. The molecular formula is C7HClF7NO. The molecule has 0 saturated carbocycles. The lowest BCUT2D eigenvalue weighted by atomic mass is 10.2. The lowest BCUT2D eigenvalue weighted by Gasteiger charge is -2.16. The Hall–Kier alpha value is -1.25. The van der Waals surface area contributed by atoms with Crippen LogP contribution in [0.5, 0.6) is 5.75 Å². The van der Waals surface area contributed by atoms with Crippen LogP contribution in [0.4, 0.5) is 30.7 Å². The molecule has 0 fully saturated rings. The normalized spacial score (nSPS) is 12.7. The molecule has 96 valence electrons. The molecular weight excluding hydrogens is 283 g/mol. The summed E-state index contributed by atoms with van der Waals surface area (Å²) in [6, 6.07) is 0. The van der Waals surface area contributed by atoms with Crippen LogP contribution in [0.1, 0.15) is 5.56 Å². The summed E-state index contributed by atoms with van der Waals surface area (Å²) < 4.78 is 88.2. The molecule has 0 radical (unpaired) electrons. The molecule has 0 aliphatic carbocycles. The van der Waals surface area contributed by atoms with Gasteiger partial charge in [0.1, 0.15) is 10.7 Å². The van der Waals surface area contributed by atoms with Crippen LogP contribution in [-0.4, -0.2) is 11.3 Å². The van der Waals surface area contributed by atoms with Gasteiger partial charge in [0.25, 0.3) is 0 Å². The average Bonchev–Trinajstić information content (AvgIpc) is 2.06. The zero-order valence-corrected chi connectivity index (χ0v) is 8.21. The summed E-state index contributed by atoms with van der Waals surface area (Å²) in [5, 5.41) is -1.34. The molecule has 1 rings (SSSR count). The molecule has 1 heterocycles. The van der Waals surface area contributed by atoms with Crippen LogP contribution in [0, 0.1) is 5.82 Å². The average molecular weight is 284 g/mol. The second-order valence-corrected chi connectivity index (χ2v) is 3.00. The van der Waals surface area contributed by atoms with Gasteiger partial charge in [0.05, 0.1) is 6.20 Å². The Morgan fingerprint density at radius 3 is 2.06 bits per heavy atom. The van der Waals surface area contributed by atoms with E-state index in [1.165, 1.54) is 0 Å². The van der Waals surface area contributed by atoms with E-state index in [4.69, 9.17) is 11.6 Å². The molecule has 1 aromatic rings. The Labute approximate surface area is 94.0 Å². The predicted molar refractivity (Wildman–Crippen MR) is 40.9 cm³/mol. The van der Waals surface area contributed by atoms with Gasteiger partial charge in [0, 0.05) is 0 Å². The van der Waals surface area contributed by atoms with Gasteiger partial charge in [0.15, 0.2) is 11.6 Å². The molecule has 0 aliphatic rings. The van der Waals surface area contributed by atoms with Gasteiger partial charge >= 0.3 is 12.5 Å². The fraction of sp³-hybridized carbons (Fsp3) is 0.286. The highest BCUT2D eigenvalue weighted by Gasteiger charge is 2.43. The minimum absolute atomic E-state index is 0.0959. The summed E-state index contributed by atoms with van der Waals surface area (Å²) in [6.07, 6.45) is -10.7. The standard InChI is InChI=1S/C7HClF7NO/c8-5-3(6(10,11)12)4(2(9)1-16-5)17-7(13,14)15/h1H. The second-order valence-electron chi connectivity index (χ2n) is 2.65. The summed E-state index contributed by atoms with van der Waals surface area (Å²) in [7, 11) is 0. The zero-order chi connectivity index (χ0) is 13.4. The van der Waals surface area contributed by atoms with Crippen LogP contribution in [0.25, 0.3) is 0 Å². The van der Waals surface area contributed by atoms with Crippen molar-refractivity contribution in [2.75, 3.05) is 0 Å². The van der Waals surface area contributed by atoms with E-state index in [9.17, 15) is 30.7 Å². The zero-order valence-electron chi connectivity index (χ0n) is 7.46. The van der Waals surface area contributed by atoms with E-state index < -0.39 is 34.8 Å². The minimum Gasteiger partial charge on any atom is -0.402 e. The van der Waals surface area contributed by atoms with E-state index in [0.717, 1.165) is 0 Å². The fourth-order valence-corrected chi connectivity index (χ4v) is 1.15.